The summed E-state index contributed by atoms with van der Waals surface area (Å²) in [6, 6.07) is 4.07. The van der Waals surface area contributed by atoms with Crippen molar-refractivity contribution in [1.29, 1.82) is 0 Å². The molecule has 0 amide bonds. The van der Waals surface area contributed by atoms with E-state index in [9.17, 15) is 9.18 Å². The van der Waals surface area contributed by atoms with E-state index in [1.54, 1.807) is 6.07 Å². The molecule has 1 aromatic carbocycles. The Hall–Kier alpha value is -1.95. The number of halogens is 2. The molecule has 7 heteroatoms. The molecule has 19 heavy (non-hydrogen) atoms. The predicted octanol–water partition coefficient (Wildman–Crippen LogP) is 2.17. The van der Waals surface area contributed by atoms with Crippen molar-refractivity contribution in [3.8, 4) is 0 Å². The highest BCUT2D eigenvalue weighted by Crippen LogP contribution is 2.19. The number of hydrogen-bond donors (Lipinski definition) is 0. The van der Waals surface area contributed by atoms with Crippen LogP contribution in [0.25, 0.3) is 0 Å². The summed E-state index contributed by atoms with van der Waals surface area (Å²) in [7, 11) is 1.28. The van der Waals surface area contributed by atoms with Gasteiger partial charge >= 0.3 is 5.97 Å². The summed E-state index contributed by atoms with van der Waals surface area (Å²) in [5, 5.41) is 4.01. The van der Waals surface area contributed by atoms with Gasteiger partial charge in [0.05, 0.1) is 7.11 Å². The number of carbonyl (C=O) groups is 1. The van der Waals surface area contributed by atoms with Crippen LogP contribution in [0.4, 0.5) is 4.39 Å². The third-order valence-electron chi connectivity index (χ3n) is 2.40. The topological polar surface area (TPSA) is 65.2 Å². The summed E-state index contributed by atoms with van der Waals surface area (Å²) in [6.07, 6.45) is 0.213. The first-order valence-electron chi connectivity index (χ1n) is 5.40. The Labute approximate surface area is 113 Å². The van der Waals surface area contributed by atoms with Crippen LogP contribution in [0.3, 0.4) is 0 Å². The summed E-state index contributed by atoms with van der Waals surface area (Å²) in [5.41, 5.74) is 0.675. The van der Waals surface area contributed by atoms with Gasteiger partial charge in [-0.15, -0.1) is 0 Å². The Balaban J connectivity index is 2.09. The molecule has 0 saturated carbocycles. The zero-order valence-electron chi connectivity index (χ0n) is 10.0. The lowest BCUT2D eigenvalue weighted by Crippen LogP contribution is -2.04. The second-order valence-corrected chi connectivity index (χ2v) is 4.18. The molecule has 0 aliphatic carbocycles. The lowest BCUT2D eigenvalue weighted by atomic mass is 10.1. The fourth-order valence-electron chi connectivity index (χ4n) is 1.46. The van der Waals surface area contributed by atoms with Gasteiger partial charge in [0.25, 0.3) is 0 Å². The molecule has 2 aromatic rings. The standard InChI is InChI=1S/C12H10ClFN2O3/c1-18-12(17)6-11-15-10(16-19-11)4-7-2-3-8(14)5-9(7)13/h2-3,5H,4,6H2,1H3. The van der Waals surface area contributed by atoms with Crippen molar-refractivity contribution in [3.05, 3.63) is 46.3 Å². The fourth-order valence-corrected chi connectivity index (χ4v) is 1.70. The molecule has 1 aromatic heterocycles. The first-order chi connectivity index (χ1) is 9.08. The van der Waals surface area contributed by atoms with Crippen molar-refractivity contribution < 1.29 is 18.4 Å². The predicted molar refractivity (Wildman–Crippen MR) is 64.2 cm³/mol. The summed E-state index contributed by atoms with van der Waals surface area (Å²) in [4.78, 5) is 15.1. The highest BCUT2D eigenvalue weighted by Gasteiger charge is 2.13. The van der Waals surface area contributed by atoms with Gasteiger partial charge in [-0.3, -0.25) is 4.79 Å². The quantitative estimate of drug-likeness (QED) is 0.805. The van der Waals surface area contributed by atoms with Crippen LogP contribution < -0.4 is 0 Å². The average Bonchev–Trinajstić information content (AvgIpc) is 2.80. The molecule has 0 radical (unpaired) electrons. The molecule has 0 saturated heterocycles. The second-order valence-electron chi connectivity index (χ2n) is 3.77. The molecule has 0 atom stereocenters. The number of rotatable bonds is 4. The molecule has 1 heterocycles. The molecule has 0 aliphatic rings. The molecule has 0 fully saturated rings. The molecular weight excluding hydrogens is 275 g/mol. The second kappa shape index (κ2) is 5.79. The van der Waals surface area contributed by atoms with Gasteiger partial charge < -0.3 is 9.26 Å². The molecule has 0 spiro atoms. The van der Waals surface area contributed by atoms with E-state index in [1.807, 2.05) is 0 Å². The molecule has 2 rings (SSSR count). The maximum absolute atomic E-state index is 12.9. The maximum atomic E-state index is 12.9. The Kier molecular flexibility index (Phi) is 4.11. The van der Waals surface area contributed by atoms with E-state index in [0.717, 1.165) is 0 Å². The third kappa shape index (κ3) is 3.51. The van der Waals surface area contributed by atoms with Crippen molar-refractivity contribution in [2.75, 3.05) is 7.11 Å². The van der Waals surface area contributed by atoms with Crippen LogP contribution in [-0.4, -0.2) is 23.2 Å². The van der Waals surface area contributed by atoms with Crippen LogP contribution in [0.5, 0.6) is 0 Å². The van der Waals surface area contributed by atoms with Crippen molar-refractivity contribution in [1.82, 2.24) is 10.1 Å². The van der Waals surface area contributed by atoms with E-state index in [0.29, 0.717) is 22.8 Å². The summed E-state index contributed by atoms with van der Waals surface area (Å²) >= 11 is 5.89. The van der Waals surface area contributed by atoms with Gasteiger partial charge in [-0.2, -0.15) is 4.98 Å². The van der Waals surface area contributed by atoms with Gasteiger partial charge in [0.2, 0.25) is 5.89 Å². The average molecular weight is 285 g/mol. The zero-order valence-corrected chi connectivity index (χ0v) is 10.8. The lowest BCUT2D eigenvalue weighted by molar-refractivity contribution is -0.140. The van der Waals surface area contributed by atoms with Crippen LogP contribution in [0.15, 0.2) is 22.7 Å². The van der Waals surface area contributed by atoms with Crippen LogP contribution in [0.2, 0.25) is 5.02 Å². The molecule has 5 nitrogen and oxygen atoms in total. The van der Waals surface area contributed by atoms with Gasteiger partial charge in [-0.1, -0.05) is 22.8 Å². The monoisotopic (exact) mass is 284 g/mol. The SMILES string of the molecule is COC(=O)Cc1nc(Cc2ccc(F)cc2Cl)no1. The van der Waals surface area contributed by atoms with E-state index < -0.39 is 11.8 Å². The van der Waals surface area contributed by atoms with Crippen LogP contribution in [0, 0.1) is 5.82 Å². The number of esters is 1. The van der Waals surface area contributed by atoms with Gasteiger partial charge in [-0.25, -0.2) is 4.39 Å². The number of methoxy groups -OCH3 is 1. The fraction of sp³-hybridized carbons (Fsp3) is 0.250. The normalized spacial score (nSPS) is 10.5. The largest absolute Gasteiger partial charge is 0.469 e. The zero-order chi connectivity index (χ0) is 13.8. The Morgan fingerprint density at radius 1 is 1.53 bits per heavy atom. The van der Waals surface area contributed by atoms with E-state index in [1.165, 1.54) is 19.2 Å². The smallest absolute Gasteiger partial charge is 0.315 e. The van der Waals surface area contributed by atoms with Crippen molar-refractivity contribution in [3.63, 3.8) is 0 Å². The van der Waals surface area contributed by atoms with E-state index in [-0.39, 0.29) is 12.3 Å². The maximum Gasteiger partial charge on any atom is 0.315 e. The highest BCUT2D eigenvalue weighted by molar-refractivity contribution is 6.31. The van der Waals surface area contributed by atoms with E-state index in [4.69, 9.17) is 16.1 Å². The number of aromatic nitrogens is 2. The summed E-state index contributed by atoms with van der Waals surface area (Å²) in [5.74, 6) is -0.337. The number of benzene rings is 1. The van der Waals surface area contributed by atoms with Crippen LogP contribution >= 0.6 is 11.6 Å². The van der Waals surface area contributed by atoms with E-state index >= 15 is 0 Å². The minimum absolute atomic E-state index is 0.0827. The first kappa shape index (κ1) is 13.5. The number of hydrogen-bond acceptors (Lipinski definition) is 5. The van der Waals surface area contributed by atoms with Gasteiger partial charge in [0.1, 0.15) is 12.2 Å². The van der Waals surface area contributed by atoms with Crippen molar-refractivity contribution in [2.24, 2.45) is 0 Å². The lowest BCUT2D eigenvalue weighted by Gasteiger charge is -2.00. The van der Waals surface area contributed by atoms with Gasteiger partial charge in [0.15, 0.2) is 5.82 Å². The number of carbonyl (C=O) groups excluding carboxylic acids is 1. The number of ether oxygens (including phenoxy) is 1. The Morgan fingerprint density at radius 3 is 3.00 bits per heavy atom. The Morgan fingerprint density at radius 2 is 2.32 bits per heavy atom. The summed E-state index contributed by atoms with van der Waals surface area (Å²) < 4.78 is 22.3. The van der Waals surface area contributed by atoms with Crippen LogP contribution in [0.1, 0.15) is 17.3 Å². The van der Waals surface area contributed by atoms with Crippen LogP contribution in [-0.2, 0) is 22.4 Å². The van der Waals surface area contributed by atoms with Gasteiger partial charge in [-0.05, 0) is 17.7 Å². The van der Waals surface area contributed by atoms with Gasteiger partial charge in [0, 0.05) is 11.4 Å². The molecule has 100 valence electrons. The molecule has 0 aliphatic heterocycles. The molecular formula is C12H10ClFN2O3. The third-order valence-corrected chi connectivity index (χ3v) is 2.75. The molecule has 0 N–H and O–H groups in total. The van der Waals surface area contributed by atoms with Crippen molar-refractivity contribution >= 4 is 17.6 Å². The minimum Gasteiger partial charge on any atom is -0.469 e. The summed E-state index contributed by atoms with van der Waals surface area (Å²) in [6.45, 7) is 0. The molecule has 0 bridgehead atoms. The Bertz CT molecular complexity index is 600. The minimum atomic E-state index is -0.463. The van der Waals surface area contributed by atoms with Crippen molar-refractivity contribution in [2.45, 2.75) is 12.8 Å². The number of nitrogens with zero attached hydrogens (tertiary/aromatic N) is 2. The van der Waals surface area contributed by atoms with E-state index in [2.05, 4.69) is 14.9 Å². The first-order valence-corrected chi connectivity index (χ1v) is 5.78. The highest BCUT2D eigenvalue weighted by atomic mass is 35.5. The molecule has 0 unspecified atom stereocenters.